The van der Waals surface area contributed by atoms with Crippen LogP contribution in [0.5, 0.6) is 5.75 Å². The molecule has 0 aliphatic carbocycles. The van der Waals surface area contributed by atoms with Crippen LogP contribution in [0.25, 0.3) is 0 Å². The quantitative estimate of drug-likeness (QED) is 0.620. The minimum absolute atomic E-state index is 0.291. The molecule has 126 valence electrons. The molecule has 0 unspecified atom stereocenters. The van der Waals surface area contributed by atoms with Crippen LogP contribution in [-0.4, -0.2) is 18.4 Å². The van der Waals surface area contributed by atoms with Crippen LogP contribution in [0.3, 0.4) is 0 Å². The Hall–Kier alpha value is -2.53. The Balaban J connectivity index is 1.88. The third kappa shape index (κ3) is 4.99. The van der Waals surface area contributed by atoms with Crippen LogP contribution in [0.2, 0.25) is 5.02 Å². The predicted octanol–water partition coefficient (Wildman–Crippen LogP) is 3.59. The molecule has 2 aromatic carbocycles. The second-order valence-corrected chi connectivity index (χ2v) is 5.52. The van der Waals surface area contributed by atoms with Crippen molar-refractivity contribution < 1.29 is 14.3 Å². The number of ether oxygens (including phenoxy) is 1. The molecule has 0 saturated heterocycles. The van der Waals surface area contributed by atoms with Gasteiger partial charge in [0, 0.05) is 5.56 Å². The number of rotatable bonds is 6. The molecule has 5 nitrogen and oxygen atoms in total. The Morgan fingerprint density at radius 3 is 2.33 bits per heavy atom. The summed E-state index contributed by atoms with van der Waals surface area (Å²) in [5.41, 5.74) is 5.40. The first kappa shape index (κ1) is 17.8. The lowest BCUT2D eigenvalue weighted by atomic mass is 10.2. The largest absolute Gasteiger partial charge is 0.494 e. The average molecular weight is 347 g/mol. The lowest BCUT2D eigenvalue weighted by Gasteiger charge is -2.09. The van der Waals surface area contributed by atoms with Gasteiger partial charge in [0.25, 0.3) is 11.8 Å². The van der Waals surface area contributed by atoms with Crippen molar-refractivity contribution in [1.82, 2.24) is 10.9 Å². The summed E-state index contributed by atoms with van der Waals surface area (Å²) in [4.78, 5) is 24.0. The average Bonchev–Trinajstić information content (AvgIpc) is 2.60. The first-order valence-corrected chi connectivity index (χ1v) is 8.07. The first-order chi connectivity index (χ1) is 11.6. The Kier molecular flexibility index (Phi) is 6.63. The number of carbonyl (C=O) groups is 2. The molecule has 2 amide bonds. The number of benzene rings is 2. The van der Waals surface area contributed by atoms with E-state index < -0.39 is 11.8 Å². The topological polar surface area (TPSA) is 67.4 Å². The van der Waals surface area contributed by atoms with Gasteiger partial charge >= 0.3 is 0 Å². The van der Waals surface area contributed by atoms with Gasteiger partial charge in [0.15, 0.2) is 0 Å². The summed E-state index contributed by atoms with van der Waals surface area (Å²) in [7, 11) is 0. The van der Waals surface area contributed by atoms with E-state index in [2.05, 4.69) is 17.8 Å². The predicted molar refractivity (Wildman–Crippen MR) is 93.2 cm³/mol. The lowest BCUT2D eigenvalue weighted by Crippen LogP contribution is -2.41. The normalized spacial score (nSPS) is 10.1. The van der Waals surface area contributed by atoms with Crippen LogP contribution in [-0.2, 0) is 0 Å². The van der Waals surface area contributed by atoms with Gasteiger partial charge in [-0.2, -0.15) is 0 Å². The van der Waals surface area contributed by atoms with Gasteiger partial charge in [0.05, 0.1) is 17.2 Å². The number of amides is 2. The number of halogens is 1. The summed E-state index contributed by atoms with van der Waals surface area (Å²) in [5.74, 6) is -0.191. The fraction of sp³-hybridized carbons (Fsp3) is 0.222. The fourth-order valence-electron chi connectivity index (χ4n) is 1.94. The molecule has 2 rings (SSSR count). The summed E-state index contributed by atoms with van der Waals surface area (Å²) in [6, 6.07) is 13.3. The smallest absolute Gasteiger partial charge is 0.271 e. The highest BCUT2D eigenvalue weighted by Crippen LogP contribution is 2.14. The number of carbonyl (C=O) groups excluding carboxylic acids is 2. The van der Waals surface area contributed by atoms with Gasteiger partial charge in [-0.05, 0) is 42.8 Å². The van der Waals surface area contributed by atoms with Crippen molar-refractivity contribution >= 4 is 23.4 Å². The van der Waals surface area contributed by atoms with Crippen molar-refractivity contribution in [3.8, 4) is 5.75 Å². The minimum Gasteiger partial charge on any atom is -0.494 e. The van der Waals surface area contributed by atoms with Gasteiger partial charge in [0.1, 0.15) is 5.75 Å². The molecular weight excluding hydrogens is 328 g/mol. The number of hydrogen-bond donors (Lipinski definition) is 2. The van der Waals surface area contributed by atoms with E-state index in [1.807, 2.05) is 0 Å². The molecule has 2 N–H and O–H groups in total. The zero-order chi connectivity index (χ0) is 17.4. The molecule has 0 saturated carbocycles. The number of hydrogen-bond acceptors (Lipinski definition) is 3. The molecule has 6 heteroatoms. The molecule has 0 spiro atoms. The number of unbranched alkanes of at least 4 members (excludes halogenated alkanes) is 1. The van der Waals surface area contributed by atoms with Crippen molar-refractivity contribution in [2.75, 3.05) is 6.61 Å². The van der Waals surface area contributed by atoms with E-state index >= 15 is 0 Å². The highest BCUT2D eigenvalue weighted by Gasteiger charge is 2.11. The summed E-state index contributed by atoms with van der Waals surface area (Å²) in [6.45, 7) is 2.74. The minimum atomic E-state index is -0.478. The highest BCUT2D eigenvalue weighted by atomic mass is 35.5. The summed E-state index contributed by atoms with van der Waals surface area (Å²) in [6.07, 6.45) is 2.04. The van der Waals surface area contributed by atoms with Crippen LogP contribution in [0.1, 0.15) is 40.5 Å². The molecule has 0 bridgehead atoms. The van der Waals surface area contributed by atoms with Crippen LogP contribution in [0.4, 0.5) is 0 Å². The Morgan fingerprint density at radius 1 is 1.00 bits per heavy atom. The summed E-state index contributed by atoms with van der Waals surface area (Å²) in [5, 5.41) is 0.317. The molecule has 0 aromatic heterocycles. The van der Waals surface area contributed by atoms with Crippen molar-refractivity contribution in [3.05, 3.63) is 64.7 Å². The zero-order valence-corrected chi connectivity index (χ0v) is 14.1. The van der Waals surface area contributed by atoms with Gasteiger partial charge in [0.2, 0.25) is 0 Å². The monoisotopic (exact) mass is 346 g/mol. The van der Waals surface area contributed by atoms with Gasteiger partial charge in [-0.1, -0.05) is 37.1 Å². The van der Waals surface area contributed by atoms with E-state index in [1.165, 1.54) is 0 Å². The fourth-order valence-corrected chi connectivity index (χ4v) is 2.16. The molecule has 0 aliphatic rings. The van der Waals surface area contributed by atoms with Crippen molar-refractivity contribution in [1.29, 1.82) is 0 Å². The highest BCUT2D eigenvalue weighted by molar-refractivity contribution is 6.33. The second-order valence-electron chi connectivity index (χ2n) is 5.11. The Bertz CT molecular complexity index is 702. The molecule has 0 radical (unpaired) electrons. The lowest BCUT2D eigenvalue weighted by molar-refractivity contribution is 0.0846. The Morgan fingerprint density at radius 2 is 1.67 bits per heavy atom. The van der Waals surface area contributed by atoms with Crippen molar-refractivity contribution in [2.24, 2.45) is 0 Å². The van der Waals surface area contributed by atoms with E-state index in [-0.39, 0.29) is 0 Å². The summed E-state index contributed by atoms with van der Waals surface area (Å²) < 4.78 is 5.53. The third-order valence-corrected chi connectivity index (χ3v) is 3.62. The van der Waals surface area contributed by atoms with Crippen molar-refractivity contribution in [2.45, 2.75) is 19.8 Å². The van der Waals surface area contributed by atoms with Crippen LogP contribution in [0.15, 0.2) is 48.5 Å². The number of hydrazine groups is 1. The van der Waals surface area contributed by atoms with Gasteiger partial charge in [-0.25, -0.2) is 0 Å². The first-order valence-electron chi connectivity index (χ1n) is 7.70. The summed E-state index contributed by atoms with van der Waals surface area (Å²) >= 11 is 5.93. The Labute approximate surface area is 145 Å². The second kappa shape index (κ2) is 8.93. The van der Waals surface area contributed by atoms with E-state index in [9.17, 15) is 9.59 Å². The van der Waals surface area contributed by atoms with Crippen LogP contribution >= 0.6 is 11.6 Å². The molecule has 2 aromatic rings. The molecule has 0 aliphatic heterocycles. The standard InChI is InChI=1S/C18H19ClN2O3/c1-2-3-12-24-14-10-8-13(9-11-14)17(22)20-21-18(23)15-6-4-5-7-16(15)19/h4-11H,2-3,12H2,1H3,(H,20,22)(H,21,23). The van der Waals surface area contributed by atoms with Gasteiger partial charge in [-0.15, -0.1) is 0 Å². The van der Waals surface area contributed by atoms with E-state index in [1.54, 1.807) is 48.5 Å². The maximum Gasteiger partial charge on any atom is 0.271 e. The molecule has 0 fully saturated rings. The molecular formula is C18H19ClN2O3. The molecule has 0 atom stereocenters. The van der Waals surface area contributed by atoms with Gasteiger partial charge in [-0.3, -0.25) is 20.4 Å². The molecule has 24 heavy (non-hydrogen) atoms. The maximum atomic E-state index is 12.0. The third-order valence-electron chi connectivity index (χ3n) is 3.29. The van der Waals surface area contributed by atoms with Crippen LogP contribution < -0.4 is 15.6 Å². The van der Waals surface area contributed by atoms with E-state index in [4.69, 9.17) is 16.3 Å². The maximum absolute atomic E-state index is 12.0. The van der Waals surface area contributed by atoms with Crippen molar-refractivity contribution in [3.63, 3.8) is 0 Å². The van der Waals surface area contributed by atoms with E-state index in [0.29, 0.717) is 28.5 Å². The SMILES string of the molecule is CCCCOc1ccc(C(=O)NNC(=O)c2ccccc2Cl)cc1. The van der Waals surface area contributed by atoms with Gasteiger partial charge < -0.3 is 4.74 Å². The number of nitrogens with one attached hydrogen (secondary N) is 2. The van der Waals surface area contributed by atoms with Crippen LogP contribution in [0, 0.1) is 0 Å². The molecule has 0 heterocycles. The zero-order valence-electron chi connectivity index (χ0n) is 13.3. The van der Waals surface area contributed by atoms with E-state index in [0.717, 1.165) is 12.8 Å².